The molecule has 2 nitrogen and oxygen atoms in total. The number of carbonyl (C=O) groups is 1. The lowest BCUT2D eigenvalue weighted by Crippen LogP contribution is -2.04. The first kappa shape index (κ1) is 10.1. The highest BCUT2D eigenvalue weighted by Crippen LogP contribution is 2.19. The first-order valence-electron chi connectivity index (χ1n) is 3.94. The van der Waals surface area contributed by atoms with Crippen LogP contribution < -0.4 is 0 Å². The number of aryl methyl sites for hydroxylation is 1. The maximum absolute atomic E-state index is 11.3. The second kappa shape index (κ2) is 3.83. The Morgan fingerprint density at radius 1 is 1.38 bits per heavy atom. The average Bonchev–Trinajstić information content (AvgIpc) is 2.10. The summed E-state index contributed by atoms with van der Waals surface area (Å²) in [6.45, 7) is 3.84. The maximum Gasteiger partial charge on any atom is 0.338 e. The van der Waals surface area contributed by atoms with E-state index >= 15 is 0 Å². The van der Waals surface area contributed by atoms with Gasteiger partial charge in [0.1, 0.15) is 0 Å². The molecule has 0 spiro atoms. The molecule has 0 N–H and O–H groups in total. The summed E-state index contributed by atoms with van der Waals surface area (Å²) in [6, 6.07) is 3.64. The summed E-state index contributed by atoms with van der Waals surface area (Å²) in [5.41, 5.74) is 2.59. The Balaban J connectivity index is 3.28. The predicted molar refractivity (Wildman–Crippen MR) is 54.5 cm³/mol. The number of methoxy groups -OCH3 is 1. The average molecular weight is 196 g/mol. The van der Waals surface area contributed by atoms with E-state index in [1.807, 2.05) is 19.9 Å². The number of ether oxygens (including phenoxy) is 1. The van der Waals surface area contributed by atoms with Crippen molar-refractivity contribution >= 4 is 18.6 Å². The fourth-order valence-corrected chi connectivity index (χ4v) is 1.49. The minimum Gasteiger partial charge on any atom is -0.465 e. The molecule has 0 aliphatic carbocycles. The van der Waals surface area contributed by atoms with Gasteiger partial charge in [-0.1, -0.05) is 0 Å². The van der Waals surface area contributed by atoms with Crippen LogP contribution in [0.15, 0.2) is 17.0 Å². The molecule has 0 radical (unpaired) electrons. The Hall–Kier alpha value is -0.960. The van der Waals surface area contributed by atoms with Crippen molar-refractivity contribution in [2.45, 2.75) is 18.7 Å². The Labute approximate surface area is 83.3 Å². The van der Waals surface area contributed by atoms with Crippen molar-refractivity contribution < 1.29 is 9.53 Å². The number of thiol groups is 1. The van der Waals surface area contributed by atoms with Crippen LogP contribution in [0.25, 0.3) is 0 Å². The van der Waals surface area contributed by atoms with Crippen LogP contribution in [0.2, 0.25) is 0 Å². The lowest BCUT2D eigenvalue weighted by molar-refractivity contribution is 0.0599. The number of rotatable bonds is 1. The molecule has 0 heterocycles. The van der Waals surface area contributed by atoms with Crippen molar-refractivity contribution in [2.24, 2.45) is 0 Å². The number of benzene rings is 1. The summed E-state index contributed by atoms with van der Waals surface area (Å²) in [6.07, 6.45) is 0. The smallest absolute Gasteiger partial charge is 0.338 e. The molecule has 0 aromatic heterocycles. The summed E-state index contributed by atoms with van der Waals surface area (Å²) in [4.78, 5) is 12.1. The SMILES string of the molecule is COC(=O)c1cc(S)cc(C)c1C. The number of carbonyl (C=O) groups excluding carboxylic acids is 1. The van der Waals surface area contributed by atoms with Gasteiger partial charge in [0.15, 0.2) is 0 Å². The van der Waals surface area contributed by atoms with Gasteiger partial charge in [-0.15, -0.1) is 12.6 Å². The van der Waals surface area contributed by atoms with Gasteiger partial charge in [0, 0.05) is 4.90 Å². The standard InChI is InChI=1S/C10H12O2S/c1-6-4-8(13)5-9(7(6)2)10(11)12-3/h4-5,13H,1-3H3. The summed E-state index contributed by atoms with van der Waals surface area (Å²) in [5.74, 6) is -0.309. The molecule has 0 bridgehead atoms. The Kier molecular flexibility index (Phi) is 2.98. The van der Waals surface area contributed by atoms with E-state index in [1.165, 1.54) is 7.11 Å². The third-order valence-corrected chi connectivity index (χ3v) is 2.32. The van der Waals surface area contributed by atoms with Crippen LogP contribution >= 0.6 is 12.6 Å². The second-order valence-corrected chi connectivity index (χ2v) is 3.44. The van der Waals surface area contributed by atoms with E-state index in [0.29, 0.717) is 5.56 Å². The van der Waals surface area contributed by atoms with Crippen molar-refractivity contribution in [1.82, 2.24) is 0 Å². The summed E-state index contributed by atoms with van der Waals surface area (Å²) < 4.78 is 4.65. The highest BCUT2D eigenvalue weighted by atomic mass is 32.1. The molecule has 0 amide bonds. The molecule has 3 heteroatoms. The quantitative estimate of drug-likeness (QED) is 0.551. The molecule has 0 aliphatic rings. The third-order valence-electron chi connectivity index (χ3n) is 2.06. The number of esters is 1. The lowest BCUT2D eigenvalue weighted by Gasteiger charge is -2.07. The van der Waals surface area contributed by atoms with E-state index in [4.69, 9.17) is 0 Å². The third kappa shape index (κ3) is 2.04. The number of hydrogen-bond acceptors (Lipinski definition) is 3. The number of hydrogen-bond donors (Lipinski definition) is 1. The van der Waals surface area contributed by atoms with Crippen LogP contribution in [-0.2, 0) is 4.74 Å². The molecule has 1 aromatic rings. The van der Waals surface area contributed by atoms with E-state index in [2.05, 4.69) is 17.4 Å². The maximum atomic E-state index is 11.3. The van der Waals surface area contributed by atoms with Gasteiger partial charge in [0.25, 0.3) is 0 Å². The van der Waals surface area contributed by atoms with Gasteiger partial charge in [-0.05, 0) is 37.1 Å². The fourth-order valence-electron chi connectivity index (χ4n) is 1.16. The molecule has 0 fully saturated rings. The predicted octanol–water partition coefficient (Wildman–Crippen LogP) is 2.38. The van der Waals surface area contributed by atoms with E-state index in [9.17, 15) is 4.79 Å². The topological polar surface area (TPSA) is 26.3 Å². The van der Waals surface area contributed by atoms with Crippen LogP contribution in [0.1, 0.15) is 21.5 Å². The highest BCUT2D eigenvalue weighted by molar-refractivity contribution is 7.80. The molecule has 0 saturated heterocycles. The van der Waals surface area contributed by atoms with Crippen LogP contribution in [0.5, 0.6) is 0 Å². The zero-order valence-corrected chi connectivity index (χ0v) is 8.81. The molecule has 0 saturated carbocycles. The van der Waals surface area contributed by atoms with Crippen LogP contribution in [0, 0.1) is 13.8 Å². The lowest BCUT2D eigenvalue weighted by atomic mass is 10.0. The Morgan fingerprint density at radius 2 is 2.00 bits per heavy atom. The van der Waals surface area contributed by atoms with E-state index in [-0.39, 0.29) is 5.97 Å². The molecule has 13 heavy (non-hydrogen) atoms. The first-order valence-corrected chi connectivity index (χ1v) is 4.39. The van der Waals surface area contributed by atoms with Crippen molar-refractivity contribution in [1.29, 1.82) is 0 Å². The van der Waals surface area contributed by atoms with Crippen molar-refractivity contribution in [3.05, 3.63) is 28.8 Å². The fraction of sp³-hybridized carbons (Fsp3) is 0.300. The largest absolute Gasteiger partial charge is 0.465 e. The van der Waals surface area contributed by atoms with E-state index in [1.54, 1.807) is 6.07 Å². The van der Waals surface area contributed by atoms with Crippen LogP contribution in [-0.4, -0.2) is 13.1 Å². The Morgan fingerprint density at radius 3 is 2.54 bits per heavy atom. The van der Waals surface area contributed by atoms with Gasteiger partial charge in [-0.2, -0.15) is 0 Å². The van der Waals surface area contributed by atoms with Gasteiger partial charge in [0.2, 0.25) is 0 Å². The molecular weight excluding hydrogens is 184 g/mol. The Bertz CT molecular complexity index is 345. The van der Waals surface area contributed by atoms with E-state index in [0.717, 1.165) is 16.0 Å². The van der Waals surface area contributed by atoms with E-state index < -0.39 is 0 Å². The summed E-state index contributed by atoms with van der Waals surface area (Å²) in [5, 5.41) is 0. The molecule has 70 valence electrons. The zero-order chi connectivity index (χ0) is 10.0. The van der Waals surface area contributed by atoms with Crippen molar-refractivity contribution in [3.63, 3.8) is 0 Å². The van der Waals surface area contributed by atoms with Crippen molar-refractivity contribution in [3.8, 4) is 0 Å². The highest BCUT2D eigenvalue weighted by Gasteiger charge is 2.10. The minimum absolute atomic E-state index is 0.309. The normalized spacial score (nSPS) is 9.85. The summed E-state index contributed by atoms with van der Waals surface area (Å²) in [7, 11) is 1.38. The second-order valence-electron chi connectivity index (χ2n) is 2.93. The first-order chi connectivity index (χ1) is 6.06. The molecule has 1 aromatic carbocycles. The van der Waals surface area contributed by atoms with Crippen LogP contribution in [0.4, 0.5) is 0 Å². The molecular formula is C10H12O2S. The van der Waals surface area contributed by atoms with Gasteiger partial charge < -0.3 is 4.74 Å². The molecule has 1 rings (SSSR count). The van der Waals surface area contributed by atoms with Gasteiger partial charge in [-0.25, -0.2) is 4.79 Å². The van der Waals surface area contributed by atoms with Gasteiger partial charge in [-0.3, -0.25) is 0 Å². The molecule has 0 aliphatic heterocycles. The zero-order valence-electron chi connectivity index (χ0n) is 7.92. The van der Waals surface area contributed by atoms with Gasteiger partial charge >= 0.3 is 5.97 Å². The minimum atomic E-state index is -0.309. The summed E-state index contributed by atoms with van der Waals surface area (Å²) >= 11 is 4.20. The van der Waals surface area contributed by atoms with Gasteiger partial charge in [0.05, 0.1) is 12.7 Å². The van der Waals surface area contributed by atoms with Crippen molar-refractivity contribution in [2.75, 3.05) is 7.11 Å². The monoisotopic (exact) mass is 196 g/mol. The molecule has 0 unspecified atom stereocenters. The molecule has 0 atom stereocenters. The van der Waals surface area contributed by atoms with Crippen LogP contribution in [0.3, 0.4) is 0 Å².